The van der Waals surface area contributed by atoms with Gasteiger partial charge >= 0.3 is 0 Å². The summed E-state index contributed by atoms with van der Waals surface area (Å²) in [6.07, 6.45) is 7.67. The number of fused-ring (bicyclic) bond motifs is 6. The summed E-state index contributed by atoms with van der Waals surface area (Å²) in [6.45, 7) is 4.09. The molecule has 4 N–H and O–H groups in total. The second-order valence-corrected chi connectivity index (χ2v) is 9.80. The predicted octanol–water partition coefficient (Wildman–Crippen LogP) is 2.55. The molecule has 2 aliphatic heterocycles. The molecule has 2 aromatic carbocycles. The number of nitrogens with zero attached hydrogens (tertiary/aromatic N) is 2. The van der Waals surface area contributed by atoms with E-state index in [0.717, 1.165) is 5.56 Å². The van der Waals surface area contributed by atoms with Crippen LogP contribution in [0.25, 0.3) is 0 Å². The van der Waals surface area contributed by atoms with Gasteiger partial charge in [0.15, 0.2) is 0 Å². The second-order valence-electron chi connectivity index (χ2n) is 9.80. The molecule has 178 valence electrons. The average Bonchev–Trinajstić information content (AvgIpc) is 3.37. The molecule has 8 heteroatoms. The fourth-order valence-electron chi connectivity index (χ4n) is 5.69. The maximum Gasteiger partial charge on any atom is 0.271 e. The van der Waals surface area contributed by atoms with Crippen LogP contribution in [-0.4, -0.2) is 40.6 Å². The average molecular weight is 471 g/mol. The van der Waals surface area contributed by atoms with E-state index in [2.05, 4.69) is 10.4 Å². The molecule has 0 radical (unpaired) electrons. The minimum absolute atomic E-state index is 0.0926. The number of nitrogens with two attached hydrogens (primary N) is 1. The van der Waals surface area contributed by atoms with Gasteiger partial charge in [0.2, 0.25) is 11.3 Å². The number of hydrogen-bond donors (Lipinski definition) is 3. The highest BCUT2D eigenvalue weighted by Crippen LogP contribution is 2.59. The normalized spacial score (nSPS) is 29.5. The molecule has 0 bridgehead atoms. The SMILES string of the molecule is CC(C)c1ccc2c(c1)OC1(O)c3cccc(N)c3C(=O)C21NC(=O)C1=NN(C)C2C=CC=CC12. The molecule has 0 saturated carbocycles. The van der Waals surface area contributed by atoms with E-state index in [1.165, 1.54) is 0 Å². The number of hydrazone groups is 1. The van der Waals surface area contributed by atoms with E-state index in [1.54, 1.807) is 36.3 Å². The molecule has 4 atom stereocenters. The Morgan fingerprint density at radius 3 is 2.74 bits per heavy atom. The third-order valence-electron chi connectivity index (χ3n) is 7.52. The first kappa shape index (κ1) is 21.6. The van der Waals surface area contributed by atoms with Crippen molar-refractivity contribution in [3.8, 4) is 5.75 Å². The monoisotopic (exact) mass is 470 g/mol. The largest absolute Gasteiger partial charge is 0.454 e. The maximum atomic E-state index is 14.1. The number of rotatable bonds is 3. The smallest absolute Gasteiger partial charge is 0.271 e. The number of nitrogens with one attached hydrogen (secondary N) is 1. The molecule has 4 aliphatic rings. The van der Waals surface area contributed by atoms with Crippen molar-refractivity contribution in [2.75, 3.05) is 12.8 Å². The zero-order valence-electron chi connectivity index (χ0n) is 19.6. The van der Waals surface area contributed by atoms with E-state index >= 15 is 0 Å². The summed E-state index contributed by atoms with van der Waals surface area (Å²) in [5.74, 6) is -2.94. The van der Waals surface area contributed by atoms with E-state index in [-0.39, 0.29) is 40.4 Å². The number of anilines is 1. The van der Waals surface area contributed by atoms with Gasteiger partial charge in [0, 0.05) is 23.9 Å². The number of aliphatic hydroxyl groups is 1. The van der Waals surface area contributed by atoms with Crippen LogP contribution in [0.3, 0.4) is 0 Å². The van der Waals surface area contributed by atoms with Gasteiger partial charge in [0.05, 0.1) is 17.5 Å². The topological polar surface area (TPSA) is 117 Å². The second kappa shape index (κ2) is 7.05. The van der Waals surface area contributed by atoms with Gasteiger partial charge in [-0.3, -0.25) is 14.6 Å². The Labute approximate surface area is 202 Å². The predicted molar refractivity (Wildman–Crippen MR) is 131 cm³/mol. The summed E-state index contributed by atoms with van der Waals surface area (Å²) >= 11 is 0. The van der Waals surface area contributed by atoms with Crippen LogP contribution in [-0.2, 0) is 16.1 Å². The fraction of sp³-hybridized carbons (Fsp3) is 0.296. The molecule has 4 unspecified atom stereocenters. The number of Topliss-reactive ketones (excluding diaryl/α,β-unsaturated/α-hetero) is 1. The van der Waals surface area contributed by atoms with Crippen molar-refractivity contribution in [3.05, 3.63) is 83.0 Å². The van der Waals surface area contributed by atoms with Crippen LogP contribution in [0.1, 0.15) is 46.8 Å². The van der Waals surface area contributed by atoms with Crippen molar-refractivity contribution < 1.29 is 19.4 Å². The first-order chi connectivity index (χ1) is 16.7. The number of allylic oxidation sites excluding steroid dienone is 2. The summed E-state index contributed by atoms with van der Waals surface area (Å²) in [6, 6.07) is 10.2. The Balaban J connectivity index is 1.51. The lowest BCUT2D eigenvalue weighted by atomic mass is 9.81. The Morgan fingerprint density at radius 1 is 1.20 bits per heavy atom. The molecule has 35 heavy (non-hydrogen) atoms. The van der Waals surface area contributed by atoms with Gasteiger partial charge in [-0.2, -0.15) is 5.10 Å². The zero-order chi connectivity index (χ0) is 24.7. The van der Waals surface area contributed by atoms with Crippen LogP contribution in [0.2, 0.25) is 0 Å². The highest BCUT2D eigenvalue weighted by atomic mass is 16.6. The summed E-state index contributed by atoms with van der Waals surface area (Å²) < 4.78 is 6.14. The van der Waals surface area contributed by atoms with Crippen LogP contribution in [0.5, 0.6) is 5.75 Å². The molecule has 8 nitrogen and oxygen atoms in total. The number of carbonyl (C=O) groups excluding carboxylic acids is 2. The highest BCUT2D eigenvalue weighted by molar-refractivity contribution is 6.41. The first-order valence-corrected chi connectivity index (χ1v) is 11.7. The Morgan fingerprint density at radius 2 is 1.97 bits per heavy atom. The minimum atomic E-state index is -2.16. The van der Waals surface area contributed by atoms with Crippen molar-refractivity contribution in [3.63, 3.8) is 0 Å². The number of likely N-dealkylation sites (N-methyl/N-ethyl adjacent to an activating group) is 1. The molecule has 0 fully saturated rings. The third kappa shape index (κ3) is 2.63. The summed E-state index contributed by atoms with van der Waals surface area (Å²) in [4.78, 5) is 27.9. The van der Waals surface area contributed by atoms with Gasteiger partial charge < -0.3 is 20.9 Å². The number of ketones is 1. The van der Waals surface area contributed by atoms with Crippen LogP contribution in [0.4, 0.5) is 5.69 Å². The quantitative estimate of drug-likeness (QED) is 0.594. The molecular formula is C27H26N4O4. The summed E-state index contributed by atoms with van der Waals surface area (Å²) in [5.41, 5.74) is 6.51. The van der Waals surface area contributed by atoms with Gasteiger partial charge in [0.25, 0.3) is 11.7 Å². The third-order valence-corrected chi connectivity index (χ3v) is 7.52. The summed E-state index contributed by atoms with van der Waals surface area (Å²) in [7, 11) is 1.80. The zero-order valence-corrected chi connectivity index (χ0v) is 19.6. The molecule has 2 heterocycles. The fourth-order valence-corrected chi connectivity index (χ4v) is 5.69. The molecule has 1 amide bonds. The number of carbonyl (C=O) groups is 2. The van der Waals surface area contributed by atoms with Crippen molar-refractivity contribution in [2.45, 2.75) is 37.1 Å². The molecule has 0 spiro atoms. The van der Waals surface area contributed by atoms with E-state index in [9.17, 15) is 14.7 Å². The van der Waals surface area contributed by atoms with E-state index in [0.29, 0.717) is 11.3 Å². The van der Waals surface area contributed by atoms with Crippen LogP contribution < -0.4 is 15.8 Å². The Kier molecular flexibility index (Phi) is 4.35. The molecule has 2 aliphatic carbocycles. The van der Waals surface area contributed by atoms with Crippen molar-refractivity contribution in [1.82, 2.24) is 10.3 Å². The lowest BCUT2D eigenvalue weighted by Crippen LogP contribution is -2.61. The molecule has 6 rings (SSSR count). The van der Waals surface area contributed by atoms with Crippen molar-refractivity contribution >= 4 is 23.1 Å². The summed E-state index contributed by atoms with van der Waals surface area (Å²) in [5, 5.41) is 21.1. The molecular weight excluding hydrogens is 444 g/mol. The number of nitrogen functional groups attached to an aromatic ring is 1. The highest BCUT2D eigenvalue weighted by Gasteiger charge is 2.72. The number of hydrogen-bond acceptors (Lipinski definition) is 7. The van der Waals surface area contributed by atoms with Gasteiger partial charge in [-0.25, -0.2) is 0 Å². The van der Waals surface area contributed by atoms with Gasteiger partial charge in [0.1, 0.15) is 11.5 Å². The minimum Gasteiger partial charge on any atom is -0.454 e. The van der Waals surface area contributed by atoms with Gasteiger partial charge in [-0.05, 0) is 23.6 Å². The van der Waals surface area contributed by atoms with Crippen molar-refractivity contribution in [1.29, 1.82) is 0 Å². The van der Waals surface area contributed by atoms with E-state index in [1.807, 2.05) is 50.3 Å². The standard InChI is InChI=1S/C27H26N4O4/c1-14(2)15-11-12-17-21(13-15)35-27(34)18-8-6-9-19(28)22(18)24(32)26(17,27)29-25(33)23-16-7-4-5-10-20(16)31(3)30-23/h4-14,16,20,34H,28H2,1-3H3,(H,29,33). The molecule has 0 saturated heterocycles. The number of ether oxygens (including phenoxy) is 1. The Hall–Kier alpha value is -3.91. The van der Waals surface area contributed by atoms with Crippen LogP contribution in [0, 0.1) is 5.92 Å². The van der Waals surface area contributed by atoms with E-state index in [4.69, 9.17) is 10.5 Å². The molecule has 0 aromatic heterocycles. The molecule has 2 aromatic rings. The van der Waals surface area contributed by atoms with Crippen LogP contribution in [0.15, 0.2) is 65.8 Å². The first-order valence-electron chi connectivity index (χ1n) is 11.7. The lowest BCUT2D eigenvalue weighted by molar-refractivity contribution is -0.174. The Bertz CT molecular complexity index is 1390. The maximum absolute atomic E-state index is 14.1. The van der Waals surface area contributed by atoms with Gasteiger partial charge in [-0.1, -0.05) is 62.4 Å². The van der Waals surface area contributed by atoms with E-state index < -0.39 is 23.0 Å². The van der Waals surface area contributed by atoms with Crippen molar-refractivity contribution in [2.24, 2.45) is 11.0 Å². The van der Waals surface area contributed by atoms with Gasteiger partial charge in [-0.15, -0.1) is 0 Å². The lowest BCUT2D eigenvalue weighted by Gasteiger charge is -2.34. The number of amides is 1. The number of benzene rings is 2. The van der Waals surface area contributed by atoms with Crippen LogP contribution >= 0.6 is 0 Å².